The molecule has 1 aliphatic heterocycles. The molecule has 1 N–H and O–H groups in total. The molecule has 9 heteroatoms. The van der Waals surface area contributed by atoms with Crippen molar-refractivity contribution in [3.63, 3.8) is 0 Å². The van der Waals surface area contributed by atoms with E-state index in [1.165, 1.54) is 28.6 Å². The Balaban J connectivity index is 1.59. The van der Waals surface area contributed by atoms with E-state index in [0.717, 1.165) is 5.56 Å². The van der Waals surface area contributed by atoms with Crippen LogP contribution in [0, 0.1) is 18.7 Å². The third-order valence-corrected chi connectivity index (χ3v) is 7.34. The molecule has 2 aromatic carbocycles. The molecular weight excluding hydrogens is 435 g/mol. The largest absolute Gasteiger partial charge is 0.462 e. The maximum absolute atomic E-state index is 13.0. The van der Waals surface area contributed by atoms with Crippen LogP contribution in [-0.4, -0.2) is 44.3 Å². The fraction of sp³-hybridized carbons (Fsp3) is 0.391. The number of esters is 1. The topological polar surface area (TPSA) is 92.8 Å². The van der Waals surface area contributed by atoms with Gasteiger partial charge in [0.05, 0.1) is 17.9 Å². The lowest BCUT2D eigenvalue weighted by Gasteiger charge is -2.30. The highest BCUT2D eigenvalue weighted by atomic mass is 32.2. The van der Waals surface area contributed by atoms with Crippen LogP contribution in [0.25, 0.3) is 0 Å². The Kier molecular flexibility index (Phi) is 7.63. The highest BCUT2D eigenvalue weighted by molar-refractivity contribution is 7.88. The third kappa shape index (κ3) is 5.92. The average molecular weight is 463 g/mol. The summed E-state index contributed by atoms with van der Waals surface area (Å²) in [7, 11) is -3.56. The van der Waals surface area contributed by atoms with Gasteiger partial charge in [0.25, 0.3) is 0 Å². The molecule has 1 fully saturated rings. The number of nitrogens with zero attached hydrogens (tertiary/aromatic N) is 1. The van der Waals surface area contributed by atoms with E-state index in [1.807, 2.05) is 6.92 Å². The number of nitrogens with one attached hydrogen (secondary N) is 1. The summed E-state index contributed by atoms with van der Waals surface area (Å²) in [5.41, 5.74) is 2.22. The van der Waals surface area contributed by atoms with E-state index in [4.69, 9.17) is 4.74 Å². The third-order valence-electron chi connectivity index (χ3n) is 5.49. The lowest BCUT2D eigenvalue weighted by Crippen LogP contribution is -2.41. The van der Waals surface area contributed by atoms with E-state index in [-0.39, 0.29) is 37.3 Å². The molecule has 0 radical (unpaired) electrons. The van der Waals surface area contributed by atoms with Gasteiger partial charge in [-0.15, -0.1) is 0 Å². The lowest BCUT2D eigenvalue weighted by atomic mass is 9.97. The zero-order chi connectivity index (χ0) is 23.3. The molecule has 1 saturated heterocycles. The van der Waals surface area contributed by atoms with Gasteiger partial charge in [0, 0.05) is 24.7 Å². The van der Waals surface area contributed by atoms with Crippen molar-refractivity contribution in [1.29, 1.82) is 0 Å². The molecule has 0 aliphatic carbocycles. The average Bonchev–Trinajstić information content (AvgIpc) is 2.77. The Bertz CT molecular complexity index is 1080. The first-order valence-electron chi connectivity index (χ1n) is 10.5. The Morgan fingerprint density at radius 1 is 1.12 bits per heavy atom. The van der Waals surface area contributed by atoms with Gasteiger partial charge in [-0.05, 0) is 62.1 Å². The molecule has 172 valence electrons. The number of hydrogen-bond donors (Lipinski definition) is 1. The van der Waals surface area contributed by atoms with Gasteiger partial charge in [0.15, 0.2) is 0 Å². The summed E-state index contributed by atoms with van der Waals surface area (Å²) in [6.07, 6.45) is 0.788. The van der Waals surface area contributed by atoms with Crippen LogP contribution in [0.4, 0.5) is 10.1 Å². The van der Waals surface area contributed by atoms with E-state index in [2.05, 4.69) is 5.32 Å². The van der Waals surface area contributed by atoms with Gasteiger partial charge in [-0.25, -0.2) is 21.9 Å². The number of sulfonamides is 1. The van der Waals surface area contributed by atoms with E-state index in [9.17, 15) is 22.4 Å². The molecule has 7 nitrogen and oxygen atoms in total. The van der Waals surface area contributed by atoms with Gasteiger partial charge in [-0.3, -0.25) is 4.79 Å². The maximum atomic E-state index is 13.0. The molecule has 1 aliphatic rings. The molecule has 0 unspecified atom stereocenters. The van der Waals surface area contributed by atoms with Crippen molar-refractivity contribution in [3.8, 4) is 0 Å². The van der Waals surface area contributed by atoms with E-state index < -0.39 is 21.8 Å². The van der Waals surface area contributed by atoms with Crippen molar-refractivity contribution in [2.75, 3.05) is 25.0 Å². The van der Waals surface area contributed by atoms with Gasteiger partial charge in [0.2, 0.25) is 15.9 Å². The van der Waals surface area contributed by atoms with Crippen LogP contribution in [0.2, 0.25) is 0 Å². The van der Waals surface area contributed by atoms with Crippen LogP contribution in [0.1, 0.15) is 41.3 Å². The predicted octanol–water partition coefficient (Wildman–Crippen LogP) is 3.49. The number of aryl methyl sites for hydroxylation is 1. The number of amides is 1. The van der Waals surface area contributed by atoms with Gasteiger partial charge in [-0.2, -0.15) is 0 Å². The van der Waals surface area contributed by atoms with E-state index in [1.54, 1.807) is 25.1 Å². The molecule has 0 bridgehead atoms. The number of piperidine rings is 1. The molecule has 3 rings (SSSR count). The Hall–Kier alpha value is -2.78. The highest BCUT2D eigenvalue weighted by Crippen LogP contribution is 2.25. The summed E-state index contributed by atoms with van der Waals surface area (Å²) < 4.78 is 44.8. The normalized spacial score (nSPS) is 15.3. The minimum atomic E-state index is -3.56. The molecule has 0 atom stereocenters. The van der Waals surface area contributed by atoms with Gasteiger partial charge in [-0.1, -0.05) is 18.2 Å². The first-order chi connectivity index (χ1) is 15.2. The van der Waals surface area contributed by atoms with Crippen LogP contribution in [0.15, 0.2) is 42.5 Å². The molecule has 0 saturated carbocycles. The number of benzene rings is 2. The maximum Gasteiger partial charge on any atom is 0.338 e. The number of carbonyl (C=O) groups is 2. The number of halogens is 1. The fourth-order valence-corrected chi connectivity index (χ4v) is 5.17. The van der Waals surface area contributed by atoms with Crippen LogP contribution in [0.3, 0.4) is 0 Å². The number of carbonyl (C=O) groups excluding carboxylic acids is 2. The Morgan fingerprint density at radius 2 is 1.78 bits per heavy atom. The second kappa shape index (κ2) is 10.2. The van der Waals surface area contributed by atoms with Crippen molar-refractivity contribution < 1.29 is 27.1 Å². The summed E-state index contributed by atoms with van der Waals surface area (Å²) >= 11 is 0. The number of anilines is 1. The monoisotopic (exact) mass is 462 g/mol. The molecule has 1 heterocycles. The number of hydrogen-bond acceptors (Lipinski definition) is 5. The predicted molar refractivity (Wildman–Crippen MR) is 119 cm³/mol. The standard InChI is InChI=1S/C23H27FN2O5S/c1-3-31-23(28)19-7-4-16(2)21(14-19)25-22(27)18-10-12-26(13-11-18)32(29,30)15-17-5-8-20(24)9-6-17/h4-9,14,18H,3,10-13,15H2,1-2H3,(H,25,27). The molecule has 2 aromatic rings. The molecule has 0 spiro atoms. The van der Waals surface area contributed by atoms with Crippen molar-refractivity contribution in [2.45, 2.75) is 32.4 Å². The van der Waals surface area contributed by atoms with E-state index >= 15 is 0 Å². The molecule has 32 heavy (non-hydrogen) atoms. The summed E-state index contributed by atoms with van der Waals surface area (Å²) in [4.78, 5) is 24.7. The van der Waals surface area contributed by atoms with Gasteiger partial charge < -0.3 is 10.1 Å². The van der Waals surface area contributed by atoms with Crippen molar-refractivity contribution in [3.05, 3.63) is 65.0 Å². The second-order valence-electron chi connectivity index (χ2n) is 7.80. The Labute approximate surface area is 187 Å². The van der Waals surface area contributed by atoms with Crippen molar-refractivity contribution in [1.82, 2.24) is 4.31 Å². The molecular formula is C23H27FN2O5S. The number of rotatable bonds is 7. The highest BCUT2D eigenvalue weighted by Gasteiger charge is 2.31. The lowest BCUT2D eigenvalue weighted by molar-refractivity contribution is -0.120. The molecule has 1 amide bonds. The van der Waals surface area contributed by atoms with Crippen LogP contribution >= 0.6 is 0 Å². The van der Waals surface area contributed by atoms with Crippen LogP contribution < -0.4 is 5.32 Å². The van der Waals surface area contributed by atoms with Gasteiger partial charge in [0.1, 0.15) is 5.82 Å². The molecule has 0 aromatic heterocycles. The van der Waals surface area contributed by atoms with Gasteiger partial charge >= 0.3 is 5.97 Å². The van der Waals surface area contributed by atoms with Crippen molar-refractivity contribution in [2.24, 2.45) is 5.92 Å². The van der Waals surface area contributed by atoms with Crippen LogP contribution in [-0.2, 0) is 25.3 Å². The minimum Gasteiger partial charge on any atom is -0.462 e. The zero-order valence-corrected chi connectivity index (χ0v) is 19.0. The Morgan fingerprint density at radius 3 is 2.41 bits per heavy atom. The first kappa shape index (κ1) is 23.9. The van der Waals surface area contributed by atoms with Crippen LogP contribution in [0.5, 0.6) is 0 Å². The SMILES string of the molecule is CCOC(=O)c1ccc(C)c(NC(=O)C2CCN(S(=O)(=O)Cc3ccc(F)cc3)CC2)c1. The quantitative estimate of drug-likeness (QED) is 0.636. The second-order valence-corrected chi connectivity index (χ2v) is 9.76. The van der Waals surface area contributed by atoms with Crippen molar-refractivity contribution >= 4 is 27.6 Å². The smallest absolute Gasteiger partial charge is 0.338 e. The fourth-order valence-electron chi connectivity index (χ4n) is 3.61. The summed E-state index contributed by atoms with van der Waals surface area (Å²) in [6, 6.07) is 10.4. The number of ether oxygens (including phenoxy) is 1. The first-order valence-corrected chi connectivity index (χ1v) is 12.1. The summed E-state index contributed by atoms with van der Waals surface area (Å²) in [5.74, 6) is -1.62. The minimum absolute atomic E-state index is 0.204. The summed E-state index contributed by atoms with van der Waals surface area (Å²) in [5, 5.41) is 2.87. The summed E-state index contributed by atoms with van der Waals surface area (Å²) in [6.45, 7) is 4.29. The zero-order valence-electron chi connectivity index (χ0n) is 18.1. The van der Waals surface area contributed by atoms with E-state index in [0.29, 0.717) is 29.7 Å².